The number of nitriles is 1. The normalized spacial score (nSPS) is 10.7. The maximum atomic E-state index is 9.43. The summed E-state index contributed by atoms with van der Waals surface area (Å²) in [4.78, 5) is 8.22. The van der Waals surface area contributed by atoms with E-state index in [-0.39, 0.29) is 5.28 Å². The van der Waals surface area contributed by atoms with E-state index in [1.807, 2.05) is 26.0 Å². The molecule has 2 aromatic heterocycles. The molecule has 6 nitrogen and oxygen atoms in total. The fourth-order valence-electron chi connectivity index (χ4n) is 2.79. The number of hydrogen-bond donors (Lipinski definition) is 1. The molecule has 0 spiro atoms. The molecule has 23 heavy (non-hydrogen) atoms. The summed E-state index contributed by atoms with van der Waals surface area (Å²) in [7, 11) is 1.61. The number of ether oxygens (including phenoxy) is 1. The Morgan fingerprint density at radius 1 is 1.35 bits per heavy atom. The van der Waals surface area contributed by atoms with Gasteiger partial charge in [0.2, 0.25) is 5.28 Å². The molecule has 0 saturated heterocycles. The van der Waals surface area contributed by atoms with E-state index in [2.05, 4.69) is 16.0 Å². The minimum absolute atomic E-state index is 0.0962. The molecule has 2 heterocycles. The van der Waals surface area contributed by atoms with E-state index >= 15 is 0 Å². The molecular formula is C16H14ClN5O. The van der Waals surface area contributed by atoms with Crippen molar-refractivity contribution in [2.24, 2.45) is 0 Å². The highest BCUT2D eigenvalue weighted by atomic mass is 35.5. The van der Waals surface area contributed by atoms with E-state index in [1.165, 1.54) is 6.20 Å². The average molecular weight is 328 g/mol. The van der Waals surface area contributed by atoms with Gasteiger partial charge < -0.3 is 10.5 Å². The van der Waals surface area contributed by atoms with Crippen molar-refractivity contribution in [3.8, 4) is 17.5 Å². The smallest absolute Gasteiger partial charge is 0.224 e. The molecule has 0 radical (unpaired) electrons. The summed E-state index contributed by atoms with van der Waals surface area (Å²) in [6, 6.07) is 5.94. The third-order valence-electron chi connectivity index (χ3n) is 3.86. The first-order valence-corrected chi connectivity index (χ1v) is 7.24. The fraction of sp³-hybridized carbons (Fsp3) is 0.188. The summed E-state index contributed by atoms with van der Waals surface area (Å²) >= 11 is 5.94. The Balaban J connectivity index is 2.49. The van der Waals surface area contributed by atoms with Crippen LogP contribution in [0.3, 0.4) is 0 Å². The molecule has 0 atom stereocenters. The number of nitrogen functional groups attached to an aromatic ring is 1. The molecule has 116 valence electrons. The van der Waals surface area contributed by atoms with Gasteiger partial charge in [0.25, 0.3) is 0 Å². The molecule has 0 saturated carbocycles. The van der Waals surface area contributed by atoms with Gasteiger partial charge in [-0.2, -0.15) is 10.2 Å². The number of rotatable bonds is 2. The summed E-state index contributed by atoms with van der Waals surface area (Å²) in [5.74, 6) is 1.03. The largest absolute Gasteiger partial charge is 0.496 e. The van der Waals surface area contributed by atoms with E-state index in [0.29, 0.717) is 22.4 Å². The van der Waals surface area contributed by atoms with Gasteiger partial charge >= 0.3 is 0 Å². The molecule has 0 aliphatic carbocycles. The van der Waals surface area contributed by atoms with Crippen LogP contribution < -0.4 is 10.5 Å². The predicted octanol–water partition coefficient (Wildman–Crippen LogP) is 3.15. The number of anilines is 1. The van der Waals surface area contributed by atoms with Gasteiger partial charge in [0, 0.05) is 11.8 Å². The second-order valence-corrected chi connectivity index (χ2v) is 5.48. The zero-order valence-electron chi connectivity index (χ0n) is 12.9. The first-order valence-electron chi connectivity index (χ1n) is 6.86. The number of nitrogens with two attached hydrogens (primary N) is 1. The van der Waals surface area contributed by atoms with E-state index in [9.17, 15) is 5.26 Å². The molecule has 3 aromatic rings. The topological polar surface area (TPSA) is 89.8 Å². The zero-order valence-corrected chi connectivity index (χ0v) is 13.6. The molecule has 2 N–H and O–H groups in total. The highest BCUT2D eigenvalue weighted by Crippen LogP contribution is 2.35. The Morgan fingerprint density at radius 2 is 2.09 bits per heavy atom. The van der Waals surface area contributed by atoms with Crippen LogP contribution in [-0.4, -0.2) is 21.6 Å². The Kier molecular flexibility index (Phi) is 3.58. The summed E-state index contributed by atoms with van der Waals surface area (Å²) < 4.78 is 7.12. The molecule has 3 rings (SSSR count). The Morgan fingerprint density at radius 3 is 2.74 bits per heavy atom. The summed E-state index contributed by atoms with van der Waals surface area (Å²) in [5.41, 5.74) is 9.76. The molecular weight excluding hydrogens is 314 g/mol. The van der Waals surface area contributed by atoms with Crippen molar-refractivity contribution in [3.63, 3.8) is 0 Å². The molecule has 1 aromatic carbocycles. The van der Waals surface area contributed by atoms with Gasteiger partial charge in [0.1, 0.15) is 23.2 Å². The van der Waals surface area contributed by atoms with Crippen molar-refractivity contribution in [2.45, 2.75) is 13.8 Å². The molecule has 0 fully saturated rings. The van der Waals surface area contributed by atoms with E-state index in [1.54, 1.807) is 11.7 Å². The van der Waals surface area contributed by atoms with Gasteiger partial charge in [0.05, 0.1) is 18.2 Å². The number of aryl methyl sites for hydroxylation is 1. The summed E-state index contributed by atoms with van der Waals surface area (Å²) in [6.45, 7) is 3.89. The highest BCUT2D eigenvalue weighted by molar-refractivity contribution is 6.28. The van der Waals surface area contributed by atoms with Crippen LogP contribution in [-0.2, 0) is 0 Å². The van der Waals surface area contributed by atoms with Gasteiger partial charge in [-0.1, -0.05) is 6.07 Å². The lowest BCUT2D eigenvalue weighted by Gasteiger charge is -2.16. The van der Waals surface area contributed by atoms with Crippen LogP contribution in [0.1, 0.15) is 16.7 Å². The van der Waals surface area contributed by atoms with Crippen molar-refractivity contribution >= 4 is 28.5 Å². The third-order valence-corrected chi connectivity index (χ3v) is 4.04. The molecule has 0 aliphatic heterocycles. The maximum Gasteiger partial charge on any atom is 0.224 e. The van der Waals surface area contributed by atoms with Crippen LogP contribution in [0, 0.1) is 25.2 Å². The first-order chi connectivity index (χ1) is 11.0. The molecule has 0 aliphatic rings. The SMILES string of the molecule is COc1ccc(C)c(-n2c(N)c(C#N)c3cnc(Cl)nc32)c1C. The number of benzene rings is 1. The summed E-state index contributed by atoms with van der Waals surface area (Å²) in [6.07, 6.45) is 1.51. The Labute approximate surface area is 138 Å². The fourth-order valence-corrected chi connectivity index (χ4v) is 2.92. The molecule has 0 amide bonds. The van der Waals surface area contributed by atoms with Crippen molar-refractivity contribution in [2.75, 3.05) is 12.8 Å². The van der Waals surface area contributed by atoms with Crippen LogP contribution in [0.5, 0.6) is 5.75 Å². The first kappa shape index (κ1) is 15.1. The number of aromatic nitrogens is 3. The van der Waals surface area contributed by atoms with Gasteiger partial charge in [0.15, 0.2) is 5.65 Å². The van der Waals surface area contributed by atoms with E-state index in [0.717, 1.165) is 22.6 Å². The monoisotopic (exact) mass is 327 g/mol. The molecule has 0 unspecified atom stereocenters. The quantitative estimate of drug-likeness (QED) is 0.730. The van der Waals surface area contributed by atoms with Crippen molar-refractivity contribution < 1.29 is 4.74 Å². The Bertz CT molecular complexity index is 971. The van der Waals surface area contributed by atoms with Crippen molar-refractivity contribution in [1.29, 1.82) is 5.26 Å². The maximum absolute atomic E-state index is 9.43. The number of hydrogen-bond acceptors (Lipinski definition) is 5. The molecule has 0 bridgehead atoms. The standard InChI is InChI=1S/C16H14ClN5O/c1-8-4-5-12(23-3)9(2)13(8)22-14(19)10(6-18)11-7-20-16(17)21-15(11)22/h4-5,7H,19H2,1-3H3. The van der Waals surface area contributed by atoms with Gasteiger partial charge in [-0.15, -0.1) is 0 Å². The number of fused-ring (bicyclic) bond motifs is 1. The lowest BCUT2D eigenvalue weighted by Crippen LogP contribution is -2.06. The van der Waals surface area contributed by atoms with Crippen LogP contribution in [0.2, 0.25) is 5.28 Å². The lowest BCUT2D eigenvalue weighted by molar-refractivity contribution is 0.411. The predicted molar refractivity (Wildman–Crippen MR) is 89.0 cm³/mol. The number of methoxy groups -OCH3 is 1. The van der Waals surface area contributed by atoms with E-state index < -0.39 is 0 Å². The third kappa shape index (κ3) is 2.17. The second-order valence-electron chi connectivity index (χ2n) is 5.14. The number of halogens is 1. The van der Waals surface area contributed by atoms with Crippen LogP contribution >= 0.6 is 11.6 Å². The van der Waals surface area contributed by atoms with Crippen LogP contribution in [0.4, 0.5) is 5.82 Å². The Hall–Kier alpha value is -2.78. The zero-order chi connectivity index (χ0) is 16.7. The average Bonchev–Trinajstić information content (AvgIpc) is 2.79. The van der Waals surface area contributed by atoms with Crippen molar-refractivity contribution in [1.82, 2.24) is 14.5 Å². The molecule has 7 heteroatoms. The van der Waals surface area contributed by atoms with Gasteiger partial charge in [-0.05, 0) is 37.1 Å². The number of nitrogens with zero attached hydrogens (tertiary/aromatic N) is 4. The summed E-state index contributed by atoms with van der Waals surface area (Å²) in [5, 5.41) is 10.1. The lowest BCUT2D eigenvalue weighted by atomic mass is 10.1. The van der Waals surface area contributed by atoms with Gasteiger partial charge in [-0.3, -0.25) is 4.57 Å². The van der Waals surface area contributed by atoms with Crippen molar-refractivity contribution in [3.05, 3.63) is 40.3 Å². The highest BCUT2D eigenvalue weighted by Gasteiger charge is 2.21. The minimum atomic E-state index is 0.0962. The van der Waals surface area contributed by atoms with Crippen LogP contribution in [0.15, 0.2) is 18.3 Å². The van der Waals surface area contributed by atoms with E-state index in [4.69, 9.17) is 22.1 Å². The van der Waals surface area contributed by atoms with Gasteiger partial charge in [-0.25, -0.2) is 4.98 Å². The second kappa shape index (κ2) is 5.45. The van der Waals surface area contributed by atoms with Crippen LogP contribution in [0.25, 0.3) is 16.7 Å². The minimum Gasteiger partial charge on any atom is -0.496 e.